The Kier molecular flexibility index (Phi) is 4.50. The van der Waals surface area contributed by atoms with E-state index >= 15 is 0 Å². The first-order valence-corrected chi connectivity index (χ1v) is 8.85. The van der Waals surface area contributed by atoms with Crippen LogP contribution in [0.5, 0.6) is 0 Å². The number of oxazole rings is 1. The molecular formula is C20H19N3O4. The summed E-state index contributed by atoms with van der Waals surface area (Å²) < 4.78 is 5.79. The lowest BCUT2D eigenvalue weighted by atomic mass is 9.96. The third-order valence-electron chi connectivity index (χ3n) is 4.80. The standard InChI is InChI=1S/C20H19N3O4/c24-18(21-15-5-3-4-14(12-15)19(25)26)13-8-10-23(11-9-13)20-22-16-6-1-2-7-17(16)27-20/h1-7,12-13H,8-11H2,(H,21,24)(H,25,26). The lowest BCUT2D eigenvalue weighted by Crippen LogP contribution is -2.38. The first-order valence-electron chi connectivity index (χ1n) is 8.85. The van der Waals surface area contributed by atoms with Crippen molar-refractivity contribution in [3.05, 3.63) is 54.1 Å². The maximum absolute atomic E-state index is 12.5. The molecule has 0 spiro atoms. The monoisotopic (exact) mass is 365 g/mol. The van der Waals surface area contributed by atoms with Crippen LogP contribution >= 0.6 is 0 Å². The number of carbonyl (C=O) groups is 2. The van der Waals surface area contributed by atoms with Crippen LogP contribution in [0.15, 0.2) is 52.9 Å². The zero-order chi connectivity index (χ0) is 18.8. The number of benzene rings is 2. The smallest absolute Gasteiger partial charge is 0.335 e. The summed E-state index contributed by atoms with van der Waals surface area (Å²) >= 11 is 0. The summed E-state index contributed by atoms with van der Waals surface area (Å²) in [6.07, 6.45) is 1.37. The summed E-state index contributed by atoms with van der Waals surface area (Å²) in [6, 6.07) is 14.5. The highest BCUT2D eigenvalue weighted by molar-refractivity contribution is 5.95. The van der Waals surface area contributed by atoms with E-state index in [2.05, 4.69) is 15.2 Å². The van der Waals surface area contributed by atoms with Gasteiger partial charge in [0.1, 0.15) is 5.52 Å². The number of hydrogen-bond acceptors (Lipinski definition) is 5. The first-order chi connectivity index (χ1) is 13.1. The Balaban J connectivity index is 1.38. The summed E-state index contributed by atoms with van der Waals surface area (Å²) in [6.45, 7) is 1.36. The summed E-state index contributed by atoms with van der Waals surface area (Å²) in [4.78, 5) is 30.1. The second-order valence-corrected chi connectivity index (χ2v) is 6.60. The lowest BCUT2D eigenvalue weighted by molar-refractivity contribution is -0.120. The Bertz CT molecular complexity index is 957. The normalized spacial score (nSPS) is 15.0. The summed E-state index contributed by atoms with van der Waals surface area (Å²) in [7, 11) is 0. The number of piperidine rings is 1. The molecule has 1 aromatic heterocycles. The summed E-state index contributed by atoms with van der Waals surface area (Å²) in [5.74, 6) is -1.23. The van der Waals surface area contributed by atoms with E-state index in [4.69, 9.17) is 9.52 Å². The number of carbonyl (C=O) groups excluding carboxylic acids is 1. The van der Waals surface area contributed by atoms with Crippen LogP contribution in [0.3, 0.4) is 0 Å². The number of nitrogens with zero attached hydrogens (tertiary/aromatic N) is 2. The molecule has 0 saturated carbocycles. The second-order valence-electron chi connectivity index (χ2n) is 6.60. The first kappa shape index (κ1) is 17.1. The van der Waals surface area contributed by atoms with Crippen molar-refractivity contribution in [1.82, 2.24) is 4.98 Å². The second kappa shape index (κ2) is 7.11. The molecule has 0 unspecified atom stereocenters. The fourth-order valence-corrected chi connectivity index (χ4v) is 3.30. The minimum Gasteiger partial charge on any atom is -0.478 e. The zero-order valence-electron chi connectivity index (χ0n) is 14.6. The van der Waals surface area contributed by atoms with Gasteiger partial charge < -0.3 is 19.7 Å². The number of anilines is 2. The Morgan fingerprint density at radius 2 is 1.89 bits per heavy atom. The van der Waals surface area contributed by atoms with Gasteiger partial charge in [0.25, 0.3) is 6.01 Å². The van der Waals surface area contributed by atoms with Gasteiger partial charge in [0.05, 0.1) is 5.56 Å². The molecule has 7 heteroatoms. The molecule has 2 aromatic carbocycles. The van der Waals surface area contributed by atoms with Gasteiger partial charge in [0.15, 0.2) is 5.58 Å². The van der Waals surface area contributed by atoms with Crippen molar-refractivity contribution in [2.24, 2.45) is 5.92 Å². The van der Waals surface area contributed by atoms with E-state index in [1.807, 2.05) is 24.3 Å². The summed E-state index contributed by atoms with van der Waals surface area (Å²) in [5, 5.41) is 11.9. The van der Waals surface area contributed by atoms with Crippen molar-refractivity contribution in [3.8, 4) is 0 Å². The number of carboxylic acids is 1. The number of nitrogens with one attached hydrogen (secondary N) is 1. The molecule has 7 nitrogen and oxygen atoms in total. The van der Waals surface area contributed by atoms with E-state index in [1.165, 1.54) is 12.1 Å². The van der Waals surface area contributed by atoms with Gasteiger partial charge in [0.2, 0.25) is 5.91 Å². The largest absolute Gasteiger partial charge is 0.478 e. The predicted molar refractivity (Wildman–Crippen MR) is 101 cm³/mol. The summed E-state index contributed by atoms with van der Waals surface area (Å²) in [5.41, 5.74) is 2.23. The van der Waals surface area contributed by atoms with E-state index in [0.29, 0.717) is 37.6 Å². The minimum atomic E-state index is -1.02. The van der Waals surface area contributed by atoms with Crippen LogP contribution in [-0.4, -0.2) is 35.1 Å². The van der Waals surface area contributed by atoms with Crippen molar-refractivity contribution in [3.63, 3.8) is 0 Å². The Hall–Kier alpha value is -3.35. The highest BCUT2D eigenvalue weighted by atomic mass is 16.4. The van der Waals surface area contributed by atoms with Gasteiger partial charge in [-0.2, -0.15) is 4.98 Å². The van der Waals surface area contributed by atoms with Crippen LogP contribution in [-0.2, 0) is 4.79 Å². The fourth-order valence-electron chi connectivity index (χ4n) is 3.30. The van der Waals surface area contributed by atoms with Gasteiger partial charge in [-0.3, -0.25) is 4.79 Å². The van der Waals surface area contributed by atoms with Crippen LogP contribution in [0.2, 0.25) is 0 Å². The topological polar surface area (TPSA) is 95.7 Å². The van der Waals surface area contributed by atoms with Crippen molar-refractivity contribution >= 4 is 34.7 Å². The molecule has 1 aliphatic rings. The molecule has 27 heavy (non-hydrogen) atoms. The number of hydrogen-bond donors (Lipinski definition) is 2. The van der Waals surface area contributed by atoms with Gasteiger partial charge in [0, 0.05) is 24.7 Å². The quantitative estimate of drug-likeness (QED) is 0.736. The molecule has 0 bridgehead atoms. The number of fused-ring (bicyclic) bond motifs is 1. The minimum absolute atomic E-state index is 0.0882. The van der Waals surface area contributed by atoms with E-state index in [1.54, 1.807) is 12.1 Å². The van der Waals surface area contributed by atoms with Crippen LogP contribution in [0.25, 0.3) is 11.1 Å². The fraction of sp³-hybridized carbons (Fsp3) is 0.250. The number of carboxylic acid groups (broad SMARTS) is 1. The average Bonchev–Trinajstić information content (AvgIpc) is 3.12. The number of rotatable bonds is 4. The Labute approximate surface area is 155 Å². The third-order valence-corrected chi connectivity index (χ3v) is 4.80. The predicted octanol–water partition coefficient (Wildman–Crippen LogP) is 3.38. The molecule has 1 fully saturated rings. The van der Waals surface area contributed by atoms with E-state index in [0.717, 1.165) is 11.1 Å². The van der Waals surface area contributed by atoms with E-state index in [9.17, 15) is 9.59 Å². The van der Waals surface area contributed by atoms with Crippen LogP contribution in [0.4, 0.5) is 11.7 Å². The van der Waals surface area contributed by atoms with Crippen LogP contribution < -0.4 is 10.2 Å². The molecule has 0 atom stereocenters. The molecular weight excluding hydrogens is 346 g/mol. The van der Waals surface area contributed by atoms with Crippen molar-refractivity contribution in [1.29, 1.82) is 0 Å². The number of aromatic carboxylic acids is 1. The number of amides is 1. The van der Waals surface area contributed by atoms with E-state index < -0.39 is 5.97 Å². The Morgan fingerprint density at radius 3 is 2.63 bits per heavy atom. The van der Waals surface area contributed by atoms with Gasteiger partial charge in [-0.25, -0.2) is 4.79 Å². The highest BCUT2D eigenvalue weighted by Gasteiger charge is 2.27. The van der Waals surface area contributed by atoms with Crippen molar-refractivity contribution in [2.45, 2.75) is 12.8 Å². The van der Waals surface area contributed by atoms with Crippen LogP contribution in [0, 0.1) is 5.92 Å². The molecule has 138 valence electrons. The molecule has 1 amide bonds. The van der Waals surface area contributed by atoms with Crippen LogP contribution in [0.1, 0.15) is 23.2 Å². The van der Waals surface area contributed by atoms with Gasteiger partial charge in [-0.15, -0.1) is 0 Å². The molecule has 2 N–H and O–H groups in total. The van der Waals surface area contributed by atoms with Crippen molar-refractivity contribution < 1.29 is 19.1 Å². The highest BCUT2D eigenvalue weighted by Crippen LogP contribution is 2.27. The lowest BCUT2D eigenvalue weighted by Gasteiger charge is -2.30. The maximum Gasteiger partial charge on any atom is 0.335 e. The molecule has 1 aliphatic heterocycles. The maximum atomic E-state index is 12.5. The Morgan fingerprint density at radius 1 is 1.11 bits per heavy atom. The van der Waals surface area contributed by atoms with E-state index in [-0.39, 0.29) is 17.4 Å². The van der Waals surface area contributed by atoms with Gasteiger partial charge >= 0.3 is 5.97 Å². The average molecular weight is 365 g/mol. The molecule has 2 heterocycles. The molecule has 0 aliphatic carbocycles. The molecule has 3 aromatic rings. The third kappa shape index (κ3) is 3.62. The SMILES string of the molecule is O=C(O)c1cccc(NC(=O)C2CCN(c3nc4ccccc4o3)CC2)c1. The molecule has 0 radical (unpaired) electrons. The molecule has 4 rings (SSSR count). The molecule has 1 saturated heterocycles. The number of para-hydroxylation sites is 2. The number of aromatic nitrogens is 1. The van der Waals surface area contributed by atoms with Gasteiger partial charge in [-0.1, -0.05) is 18.2 Å². The van der Waals surface area contributed by atoms with Crippen molar-refractivity contribution in [2.75, 3.05) is 23.3 Å². The zero-order valence-corrected chi connectivity index (χ0v) is 14.6. The van der Waals surface area contributed by atoms with Gasteiger partial charge in [-0.05, 0) is 43.2 Å².